The van der Waals surface area contributed by atoms with Gasteiger partial charge in [0.2, 0.25) is 0 Å². The third-order valence-electron chi connectivity index (χ3n) is 2.59. The molecule has 1 aromatic carbocycles. The Labute approximate surface area is 120 Å². The van der Waals surface area contributed by atoms with Crippen LogP contribution in [0, 0.1) is 0 Å². The minimum absolute atomic E-state index is 0.315. The van der Waals surface area contributed by atoms with Crippen molar-refractivity contribution in [2.24, 2.45) is 5.11 Å². The quantitative estimate of drug-likeness (QED) is 0.346. The summed E-state index contributed by atoms with van der Waals surface area (Å²) in [5.74, 6) is 0. The van der Waals surface area contributed by atoms with Crippen molar-refractivity contribution in [3.05, 3.63) is 40.3 Å². The predicted molar refractivity (Wildman–Crippen MR) is 67.6 cm³/mol. The molecule has 116 valence electrons. The van der Waals surface area contributed by atoms with Gasteiger partial charge in [0.05, 0.1) is 12.1 Å². The van der Waals surface area contributed by atoms with Gasteiger partial charge in [0, 0.05) is 16.9 Å². The van der Waals surface area contributed by atoms with E-state index in [9.17, 15) is 21.8 Å². The molecule has 1 aromatic rings. The lowest BCUT2D eigenvalue weighted by molar-refractivity contribution is -0.0384. The number of halogens is 4. The Morgan fingerprint density at radius 2 is 1.95 bits per heavy atom. The number of nitrogens with zero attached hydrogens (tertiary/aromatic N) is 3. The molecule has 21 heavy (non-hydrogen) atoms. The van der Waals surface area contributed by atoms with Crippen LogP contribution < -0.4 is 0 Å². The van der Waals surface area contributed by atoms with Crippen LogP contribution in [0.5, 0.6) is 0 Å². The molecule has 1 rings (SSSR count). The van der Waals surface area contributed by atoms with Crippen molar-refractivity contribution < 1.29 is 26.5 Å². The van der Waals surface area contributed by atoms with Gasteiger partial charge in [0.25, 0.3) is 0 Å². The van der Waals surface area contributed by atoms with Crippen LogP contribution in [-0.2, 0) is 15.5 Å². The first-order chi connectivity index (χ1) is 9.85. The van der Waals surface area contributed by atoms with Crippen LogP contribution in [0.2, 0.25) is 0 Å². The highest BCUT2D eigenvalue weighted by atomic mass is 32.2. The minimum atomic E-state index is -4.85. The first-order valence-corrected chi connectivity index (χ1v) is 6.71. The van der Waals surface area contributed by atoms with Gasteiger partial charge in [-0.2, -0.15) is 13.2 Å². The number of rotatable bonds is 6. The number of methoxy groups -OCH3 is 1. The molecule has 3 atom stereocenters. The molecule has 10 heteroatoms. The first-order valence-electron chi connectivity index (χ1n) is 5.56. The number of azide groups is 1. The molecular formula is C11H11F4N3O2S. The van der Waals surface area contributed by atoms with E-state index < -0.39 is 40.0 Å². The molecular weight excluding hydrogens is 314 g/mol. The SMILES string of the molecule is CO[C@H](c1ccc(S(=O)C(F)(F)F)cc1)[C@@H](CF)N=[N+]=[N-]. The molecule has 0 spiro atoms. The zero-order chi connectivity index (χ0) is 16.0. The highest BCUT2D eigenvalue weighted by Gasteiger charge is 2.38. The summed E-state index contributed by atoms with van der Waals surface area (Å²) in [7, 11) is -1.88. The predicted octanol–water partition coefficient (Wildman–Crippen LogP) is 3.65. The topological polar surface area (TPSA) is 75.1 Å². The lowest BCUT2D eigenvalue weighted by Crippen LogP contribution is -2.20. The van der Waals surface area contributed by atoms with Gasteiger partial charge < -0.3 is 4.74 Å². The van der Waals surface area contributed by atoms with E-state index in [4.69, 9.17) is 10.3 Å². The Hall–Kier alpha value is -1.64. The Morgan fingerprint density at radius 1 is 1.38 bits per heavy atom. The van der Waals surface area contributed by atoms with E-state index in [1.807, 2.05) is 0 Å². The average molecular weight is 325 g/mol. The van der Waals surface area contributed by atoms with Gasteiger partial charge in [0.15, 0.2) is 10.8 Å². The Kier molecular flexibility index (Phi) is 6.13. The summed E-state index contributed by atoms with van der Waals surface area (Å²) in [6.45, 7) is -0.987. The zero-order valence-electron chi connectivity index (χ0n) is 10.7. The van der Waals surface area contributed by atoms with Crippen molar-refractivity contribution >= 4 is 10.8 Å². The molecule has 0 fully saturated rings. The van der Waals surface area contributed by atoms with Crippen molar-refractivity contribution in [2.45, 2.75) is 22.5 Å². The Balaban J connectivity index is 3.04. The summed E-state index contributed by atoms with van der Waals surface area (Å²) in [6, 6.07) is 3.33. The molecule has 0 bridgehead atoms. The highest BCUT2D eigenvalue weighted by molar-refractivity contribution is 7.86. The van der Waals surface area contributed by atoms with Crippen molar-refractivity contribution in [3.8, 4) is 0 Å². The molecule has 0 aliphatic carbocycles. The van der Waals surface area contributed by atoms with Crippen LogP contribution in [0.25, 0.3) is 10.4 Å². The number of alkyl halides is 4. The molecule has 0 heterocycles. The normalized spacial score (nSPS) is 15.9. The summed E-state index contributed by atoms with van der Waals surface area (Å²) in [5.41, 5.74) is 3.80. The third-order valence-corrected chi connectivity index (χ3v) is 3.72. The molecule has 0 amide bonds. The highest BCUT2D eigenvalue weighted by Crippen LogP contribution is 2.29. The minimum Gasteiger partial charge on any atom is -0.376 e. The lowest BCUT2D eigenvalue weighted by Gasteiger charge is -2.20. The number of ether oxygens (including phenoxy) is 1. The Morgan fingerprint density at radius 3 is 2.33 bits per heavy atom. The Bertz CT molecular complexity index is 543. The van der Waals surface area contributed by atoms with Gasteiger partial charge in [-0.15, -0.1) is 0 Å². The summed E-state index contributed by atoms with van der Waals surface area (Å²) in [4.78, 5) is 2.06. The fraction of sp³-hybridized carbons (Fsp3) is 0.455. The maximum atomic E-state index is 12.8. The monoisotopic (exact) mass is 325 g/mol. The maximum absolute atomic E-state index is 12.8. The van der Waals surface area contributed by atoms with E-state index in [0.717, 1.165) is 12.1 Å². The zero-order valence-corrected chi connectivity index (χ0v) is 11.6. The van der Waals surface area contributed by atoms with Gasteiger partial charge in [-0.05, 0) is 23.2 Å². The van der Waals surface area contributed by atoms with Crippen molar-refractivity contribution in [2.75, 3.05) is 13.8 Å². The lowest BCUT2D eigenvalue weighted by atomic mass is 10.0. The fourth-order valence-corrected chi connectivity index (χ4v) is 2.32. The van der Waals surface area contributed by atoms with Gasteiger partial charge in [-0.25, -0.2) is 4.21 Å². The molecule has 1 unspecified atom stereocenters. The average Bonchev–Trinajstić information content (AvgIpc) is 2.46. The molecule has 5 nitrogen and oxygen atoms in total. The number of hydrogen-bond donors (Lipinski definition) is 0. The number of benzene rings is 1. The maximum Gasteiger partial charge on any atom is 0.475 e. The van der Waals surface area contributed by atoms with Crippen LogP contribution in [0.15, 0.2) is 34.3 Å². The van der Waals surface area contributed by atoms with Crippen LogP contribution in [0.4, 0.5) is 17.6 Å². The second-order valence-corrected chi connectivity index (χ2v) is 5.34. The second-order valence-electron chi connectivity index (χ2n) is 3.87. The van der Waals surface area contributed by atoms with E-state index in [1.54, 1.807) is 0 Å². The summed E-state index contributed by atoms with van der Waals surface area (Å²) in [5, 5.41) is 3.23. The van der Waals surface area contributed by atoms with Gasteiger partial charge in [0.1, 0.15) is 6.67 Å². The van der Waals surface area contributed by atoms with Crippen molar-refractivity contribution in [1.82, 2.24) is 0 Å². The van der Waals surface area contributed by atoms with E-state index in [-0.39, 0.29) is 0 Å². The molecule has 0 aromatic heterocycles. The van der Waals surface area contributed by atoms with Gasteiger partial charge in [-0.3, -0.25) is 4.39 Å². The fourth-order valence-electron chi connectivity index (χ4n) is 1.67. The van der Waals surface area contributed by atoms with Crippen LogP contribution >= 0.6 is 0 Å². The van der Waals surface area contributed by atoms with Crippen LogP contribution in [-0.4, -0.2) is 29.5 Å². The summed E-state index contributed by atoms with van der Waals surface area (Å²) in [6.07, 6.45) is -0.945. The van der Waals surface area contributed by atoms with Crippen LogP contribution in [0.1, 0.15) is 11.7 Å². The molecule has 0 saturated carbocycles. The standard InChI is InChI=1S/C11H11F4N3O2S/c1-20-10(9(6-12)17-18-16)7-2-4-8(5-3-7)21(19)11(13,14)15/h2-5,9-10H,6H2,1H3/t9-,10-,21?/m1/s1. The summed E-state index contributed by atoms with van der Waals surface area (Å²) >= 11 is 0. The summed E-state index contributed by atoms with van der Waals surface area (Å²) < 4.78 is 65.9. The van der Waals surface area contributed by atoms with E-state index in [0.29, 0.717) is 5.56 Å². The first kappa shape index (κ1) is 17.4. The largest absolute Gasteiger partial charge is 0.475 e. The van der Waals surface area contributed by atoms with E-state index in [1.165, 1.54) is 19.2 Å². The van der Waals surface area contributed by atoms with Crippen molar-refractivity contribution in [1.29, 1.82) is 0 Å². The molecule has 0 radical (unpaired) electrons. The molecule has 0 N–H and O–H groups in total. The molecule has 0 aliphatic heterocycles. The molecule has 0 aliphatic rings. The number of hydrogen-bond acceptors (Lipinski definition) is 3. The second kappa shape index (κ2) is 7.39. The van der Waals surface area contributed by atoms with Crippen molar-refractivity contribution in [3.63, 3.8) is 0 Å². The van der Waals surface area contributed by atoms with E-state index >= 15 is 0 Å². The third kappa shape index (κ3) is 4.42. The molecule has 0 saturated heterocycles. The van der Waals surface area contributed by atoms with E-state index in [2.05, 4.69) is 10.0 Å². The van der Waals surface area contributed by atoms with Gasteiger partial charge >= 0.3 is 5.51 Å². The van der Waals surface area contributed by atoms with Crippen LogP contribution in [0.3, 0.4) is 0 Å². The smallest absolute Gasteiger partial charge is 0.376 e. The van der Waals surface area contributed by atoms with Gasteiger partial charge in [-0.1, -0.05) is 17.2 Å².